The molecule has 0 aliphatic carbocycles. The first-order valence-corrected chi connectivity index (χ1v) is 14.1. The van der Waals surface area contributed by atoms with E-state index in [2.05, 4.69) is 32.0 Å². The fourth-order valence-corrected chi connectivity index (χ4v) is 6.61. The van der Waals surface area contributed by atoms with Gasteiger partial charge in [0.15, 0.2) is 0 Å². The molecule has 0 spiro atoms. The van der Waals surface area contributed by atoms with Crippen LogP contribution in [-0.4, -0.2) is 54.3 Å². The normalized spacial score (nSPS) is 17.1. The molecule has 1 fully saturated rings. The molecule has 6 nitrogen and oxygen atoms in total. The number of carbonyl (C=O) groups excluding carboxylic acids is 2. The van der Waals surface area contributed by atoms with Crippen LogP contribution in [0.1, 0.15) is 91.5 Å². The van der Waals surface area contributed by atoms with Gasteiger partial charge in [-0.2, -0.15) is 0 Å². The lowest BCUT2D eigenvalue weighted by molar-refractivity contribution is -0.145. The minimum absolute atomic E-state index is 0.0832. The summed E-state index contributed by atoms with van der Waals surface area (Å²) in [4.78, 5) is 29.3. The molecule has 1 unspecified atom stereocenters. The number of aryl methyl sites for hydroxylation is 2. The van der Waals surface area contributed by atoms with Gasteiger partial charge >= 0.3 is 5.97 Å². The number of thiophene rings is 1. The zero-order valence-corrected chi connectivity index (χ0v) is 24.5. The number of hydrogen-bond acceptors (Lipinski definition) is 6. The first-order valence-electron chi connectivity index (χ1n) is 13.3. The number of ether oxygens (including phenoxy) is 2. The van der Waals surface area contributed by atoms with Crippen LogP contribution in [0.2, 0.25) is 0 Å². The first kappa shape index (κ1) is 29.2. The molecule has 1 aliphatic heterocycles. The molecule has 1 aromatic heterocycles. The number of rotatable bonds is 9. The largest absolute Gasteiger partial charge is 0.491 e. The highest BCUT2D eigenvalue weighted by Crippen LogP contribution is 2.44. The quantitative estimate of drug-likeness (QED) is 0.401. The molecule has 0 saturated carbocycles. The molecule has 2 atom stereocenters. The van der Waals surface area contributed by atoms with E-state index in [0.717, 1.165) is 41.0 Å². The second-order valence-corrected chi connectivity index (χ2v) is 12.3. The van der Waals surface area contributed by atoms with Crippen molar-refractivity contribution in [1.29, 1.82) is 0 Å². The van der Waals surface area contributed by atoms with Gasteiger partial charge in [-0.15, -0.1) is 11.3 Å². The monoisotopic (exact) mass is 529 g/mol. The van der Waals surface area contributed by atoms with Crippen LogP contribution >= 0.6 is 11.3 Å². The molecule has 1 amide bonds. The highest BCUT2D eigenvalue weighted by molar-refractivity contribution is 7.14. The summed E-state index contributed by atoms with van der Waals surface area (Å²) in [5, 5.41) is 10.4. The molecule has 2 aromatic rings. The highest BCUT2D eigenvalue weighted by atomic mass is 32.1. The van der Waals surface area contributed by atoms with E-state index < -0.39 is 12.1 Å². The van der Waals surface area contributed by atoms with Crippen LogP contribution in [0, 0.1) is 19.3 Å². The summed E-state index contributed by atoms with van der Waals surface area (Å²) in [5.74, 6) is 0.346. The topological polar surface area (TPSA) is 76.1 Å². The molecule has 2 heterocycles. The fraction of sp³-hybridized carbons (Fsp3) is 0.600. The maximum absolute atomic E-state index is 13.5. The molecule has 7 heteroatoms. The van der Waals surface area contributed by atoms with Gasteiger partial charge in [0.1, 0.15) is 18.4 Å². The average molecular weight is 530 g/mol. The molecule has 204 valence electrons. The predicted molar refractivity (Wildman–Crippen MR) is 149 cm³/mol. The van der Waals surface area contributed by atoms with E-state index in [4.69, 9.17) is 9.47 Å². The molecule has 1 saturated heterocycles. The summed E-state index contributed by atoms with van der Waals surface area (Å²) >= 11 is 1.55. The van der Waals surface area contributed by atoms with Crippen LogP contribution in [0.5, 0.6) is 5.75 Å². The highest BCUT2D eigenvalue weighted by Gasteiger charge is 2.38. The Bertz CT molecular complexity index is 1110. The molecule has 0 bridgehead atoms. The summed E-state index contributed by atoms with van der Waals surface area (Å²) < 4.78 is 10.9. The van der Waals surface area contributed by atoms with Gasteiger partial charge < -0.3 is 19.5 Å². The van der Waals surface area contributed by atoms with Gasteiger partial charge in [-0.1, -0.05) is 46.8 Å². The van der Waals surface area contributed by atoms with Crippen molar-refractivity contribution in [3.63, 3.8) is 0 Å². The second-order valence-electron chi connectivity index (χ2n) is 11.3. The van der Waals surface area contributed by atoms with E-state index in [1.54, 1.807) is 16.2 Å². The van der Waals surface area contributed by atoms with Gasteiger partial charge in [0.05, 0.1) is 18.1 Å². The number of carbonyl (C=O) groups is 2. The number of amides is 1. The van der Waals surface area contributed by atoms with E-state index >= 15 is 0 Å². The van der Waals surface area contributed by atoms with Gasteiger partial charge in [0, 0.05) is 16.8 Å². The Morgan fingerprint density at radius 1 is 1.14 bits per heavy atom. The van der Waals surface area contributed by atoms with Crippen LogP contribution in [0.3, 0.4) is 0 Å². The molecule has 1 aliphatic rings. The van der Waals surface area contributed by atoms with Gasteiger partial charge in [0.25, 0.3) is 5.91 Å². The first-order chi connectivity index (χ1) is 17.4. The van der Waals surface area contributed by atoms with E-state index in [-0.39, 0.29) is 29.3 Å². The van der Waals surface area contributed by atoms with Crippen molar-refractivity contribution >= 4 is 23.2 Å². The number of likely N-dealkylation sites (tertiary alicyclic amines) is 1. The third-order valence-corrected chi connectivity index (χ3v) is 9.33. The maximum atomic E-state index is 13.5. The SMILES string of the molecule is CCC(CC)(c1ccc(OCC(O)C(C)(C)C)c(C)c1)c1cc(C)c(C(=O)N2CCC[C@H]2C(=O)OC)s1. The number of methoxy groups -OCH3 is 1. The zero-order valence-electron chi connectivity index (χ0n) is 23.6. The number of benzene rings is 1. The third-order valence-electron chi connectivity index (χ3n) is 7.90. The summed E-state index contributed by atoms with van der Waals surface area (Å²) in [5.41, 5.74) is 2.67. The Hall–Kier alpha value is -2.38. The van der Waals surface area contributed by atoms with Gasteiger partial charge in [-0.3, -0.25) is 4.79 Å². The Balaban J connectivity index is 1.91. The predicted octanol–water partition coefficient (Wildman–Crippen LogP) is 6.03. The molecule has 1 aromatic carbocycles. The molecule has 1 N–H and O–H groups in total. The van der Waals surface area contributed by atoms with Crippen LogP contribution < -0.4 is 4.74 Å². The van der Waals surface area contributed by atoms with Gasteiger partial charge in [-0.05, 0) is 73.8 Å². The van der Waals surface area contributed by atoms with E-state index in [1.807, 2.05) is 40.7 Å². The van der Waals surface area contributed by atoms with Crippen molar-refractivity contribution in [2.75, 3.05) is 20.3 Å². The second kappa shape index (κ2) is 11.6. The molecular formula is C30H43NO5S. The van der Waals surface area contributed by atoms with Crippen LogP contribution in [-0.2, 0) is 14.9 Å². The van der Waals surface area contributed by atoms with Crippen molar-refractivity contribution in [3.05, 3.63) is 50.7 Å². The van der Waals surface area contributed by atoms with Crippen molar-refractivity contribution < 1.29 is 24.2 Å². The number of aliphatic hydroxyl groups is 1. The number of aliphatic hydroxyl groups excluding tert-OH is 1. The maximum Gasteiger partial charge on any atom is 0.328 e. The smallest absolute Gasteiger partial charge is 0.328 e. The molecule has 0 radical (unpaired) electrons. The summed E-state index contributed by atoms with van der Waals surface area (Å²) in [6.45, 7) is 15.2. The minimum atomic E-state index is -0.559. The van der Waals surface area contributed by atoms with Crippen molar-refractivity contribution in [3.8, 4) is 5.75 Å². The van der Waals surface area contributed by atoms with E-state index in [9.17, 15) is 14.7 Å². The number of nitrogens with zero attached hydrogens (tertiary/aromatic N) is 1. The molecule has 37 heavy (non-hydrogen) atoms. The Kier molecular flexibility index (Phi) is 9.12. The lowest BCUT2D eigenvalue weighted by atomic mass is 9.74. The summed E-state index contributed by atoms with van der Waals surface area (Å²) in [6, 6.07) is 7.93. The number of esters is 1. The van der Waals surface area contributed by atoms with Crippen LogP contribution in [0.15, 0.2) is 24.3 Å². The Morgan fingerprint density at radius 3 is 2.38 bits per heavy atom. The van der Waals surface area contributed by atoms with Crippen LogP contribution in [0.25, 0.3) is 0 Å². The van der Waals surface area contributed by atoms with Crippen molar-refractivity contribution in [2.24, 2.45) is 5.41 Å². The summed E-state index contributed by atoms with van der Waals surface area (Å²) in [6.07, 6.45) is 2.65. The van der Waals surface area contributed by atoms with Gasteiger partial charge in [-0.25, -0.2) is 4.79 Å². The van der Waals surface area contributed by atoms with E-state index in [0.29, 0.717) is 17.8 Å². The number of hydrogen-bond donors (Lipinski definition) is 1. The van der Waals surface area contributed by atoms with Gasteiger partial charge in [0.2, 0.25) is 0 Å². The third kappa shape index (κ3) is 5.88. The fourth-order valence-electron chi connectivity index (χ4n) is 5.13. The minimum Gasteiger partial charge on any atom is -0.491 e. The van der Waals surface area contributed by atoms with Crippen LogP contribution in [0.4, 0.5) is 0 Å². The zero-order chi connectivity index (χ0) is 27.5. The van der Waals surface area contributed by atoms with Crippen molar-refractivity contribution in [1.82, 2.24) is 4.90 Å². The molecular weight excluding hydrogens is 486 g/mol. The molecule has 3 rings (SSSR count). The van der Waals surface area contributed by atoms with Crippen molar-refractivity contribution in [2.45, 2.75) is 91.7 Å². The lowest BCUT2D eigenvalue weighted by Gasteiger charge is -2.32. The van der Waals surface area contributed by atoms with E-state index in [1.165, 1.54) is 12.7 Å². The Labute approximate surface area is 226 Å². The summed E-state index contributed by atoms with van der Waals surface area (Å²) in [7, 11) is 1.37. The standard InChI is InChI=1S/C30H43NO5S/c1-9-30(10-2,21-13-14-23(19(3)16-21)36-18-24(32)29(5,6)7)25-17-20(4)26(37-25)27(33)31-15-11-12-22(31)28(34)35-8/h13-14,16-17,22,24,32H,9-12,15,18H2,1-8H3/t22-,24?/m0/s1. The lowest BCUT2D eigenvalue weighted by Crippen LogP contribution is -2.41. The Morgan fingerprint density at radius 2 is 1.81 bits per heavy atom. The average Bonchev–Trinajstić information content (AvgIpc) is 3.50.